The first-order valence-electron chi connectivity index (χ1n) is 22.1. The summed E-state index contributed by atoms with van der Waals surface area (Å²) < 4.78 is 19.2. The van der Waals surface area contributed by atoms with Crippen LogP contribution in [-0.4, -0.2) is 22.3 Å². The molecule has 302 valence electrons. The van der Waals surface area contributed by atoms with E-state index in [-0.39, 0.29) is 0 Å². The lowest BCUT2D eigenvalue weighted by Crippen LogP contribution is -2.25. The zero-order chi connectivity index (χ0) is 41.2. The first-order chi connectivity index (χ1) is 30.7. The Morgan fingerprint density at radius 1 is 0.371 bits per heavy atom. The van der Waals surface area contributed by atoms with Gasteiger partial charge in [-0.25, -0.2) is 0 Å². The maximum absolute atomic E-state index is 6.61. The van der Waals surface area contributed by atoms with Gasteiger partial charge in [-0.1, -0.05) is 131 Å². The van der Waals surface area contributed by atoms with Crippen molar-refractivity contribution in [3.63, 3.8) is 0 Å². The van der Waals surface area contributed by atoms with Crippen molar-refractivity contribution in [2.75, 3.05) is 13.2 Å². The highest BCUT2D eigenvalue weighted by atomic mass is 79.9. The van der Waals surface area contributed by atoms with Gasteiger partial charge in [0.2, 0.25) is 0 Å². The average molecular weight is 870 g/mol. The van der Waals surface area contributed by atoms with Gasteiger partial charge in [-0.2, -0.15) is 0 Å². The van der Waals surface area contributed by atoms with Crippen LogP contribution in [0.2, 0.25) is 0 Å². The summed E-state index contributed by atoms with van der Waals surface area (Å²) in [5, 5.41) is 5.28. The highest BCUT2D eigenvalue weighted by Gasteiger charge is 2.52. The van der Waals surface area contributed by atoms with Crippen molar-refractivity contribution in [2.45, 2.75) is 44.2 Å². The summed E-state index contributed by atoms with van der Waals surface area (Å²) in [5.74, 6) is 1.81. The zero-order valence-corrected chi connectivity index (χ0v) is 36.1. The van der Waals surface area contributed by atoms with Crippen molar-refractivity contribution < 1.29 is 9.47 Å². The van der Waals surface area contributed by atoms with Gasteiger partial charge in [0.25, 0.3) is 0 Å². The van der Waals surface area contributed by atoms with Crippen LogP contribution in [0.4, 0.5) is 0 Å². The molecule has 2 heterocycles. The molecule has 2 aliphatic rings. The second kappa shape index (κ2) is 15.1. The molecule has 0 aliphatic heterocycles. The quantitative estimate of drug-likeness (QED) is 0.114. The Labute approximate surface area is 370 Å². The SMILES string of the molecule is Brc1ccc2c(c1)C1(c3ccccc3-2)c2ccc(OCCCCn3c4ccccc4c4ccccc43)cc2-c2cc(OCCCCn3c4ccccc4c4ccccc43)ccc21. The number of hydrogen-bond donors (Lipinski definition) is 0. The fraction of sp³-hybridized carbons (Fsp3) is 0.158. The third-order valence-corrected chi connectivity index (χ3v) is 14.0. The summed E-state index contributed by atoms with van der Waals surface area (Å²) in [7, 11) is 0. The monoisotopic (exact) mass is 868 g/mol. The van der Waals surface area contributed by atoms with Crippen LogP contribution < -0.4 is 9.47 Å². The summed E-state index contributed by atoms with van der Waals surface area (Å²) >= 11 is 3.85. The van der Waals surface area contributed by atoms with Gasteiger partial charge < -0.3 is 18.6 Å². The smallest absolute Gasteiger partial charge is 0.119 e. The first-order valence-corrected chi connectivity index (χ1v) is 22.8. The minimum absolute atomic E-state index is 0.442. The molecule has 2 aromatic heterocycles. The number of aryl methyl sites for hydroxylation is 2. The molecule has 5 heteroatoms. The Morgan fingerprint density at radius 3 is 1.29 bits per heavy atom. The molecule has 8 aromatic carbocycles. The van der Waals surface area contributed by atoms with Crippen LogP contribution in [0.15, 0.2) is 180 Å². The fourth-order valence-electron chi connectivity index (χ4n) is 10.9. The normalized spacial score (nSPS) is 13.2. The predicted molar refractivity (Wildman–Crippen MR) is 259 cm³/mol. The largest absolute Gasteiger partial charge is 0.494 e. The number of halogens is 1. The lowest BCUT2D eigenvalue weighted by atomic mass is 9.70. The lowest BCUT2D eigenvalue weighted by Gasteiger charge is -2.30. The van der Waals surface area contributed by atoms with Crippen molar-refractivity contribution in [1.29, 1.82) is 0 Å². The van der Waals surface area contributed by atoms with Gasteiger partial charge in [0.1, 0.15) is 11.5 Å². The second-order valence-corrected chi connectivity index (χ2v) is 17.8. The third kappa shape index (κ3) is 5.78. The Bertz CT molecular complexity index is 3080. The molecule has 0 saturated carbocycles. The van der Waals surface area contributed by atoms with E-state index in [1.165, 1.54) is 88.1 Å². The molecule has 0 fully saturated rings. The lowest BCUT2D eigenvalue weighted by molar-refractivity contribution is 0.303. The van der Waals surface area contributed by atoms with Crippen molar-refractivity contribution in [2.24, 2.45) is 0 Å². The highest BCUT2D eigenvalue weighted by molar-refractivity contribution is 9.10. The van der Waals surface area contributed by atoms with Crippen LogP contribution in [0.3, 0.4) is 0 Å². The van der Waals surface area contributed by atoms with E-state index < -0.39 is 5.41 Å². The Hall–Kier alpha value is -6.56. The second-order valence-electron chi connectivity index (χ2n) is 16.9. The van der Waals surface area contributed by atoms with Gasteiger partial charge in [0.15, 0.2) is 0 Å². The standard InChI is InChI=1S/C57H45BrN2O2/c58-38-25-28-42-41-15-1-6-20-49(41)57(52(42)35-38)50-29-26-39(61-33-13-11-31-59-53-21-7-2-16-43(53)44-17-3-8-22-54(44)59)36-47(50)48-37-40(27-30-51(48)57)62-34-14-12-32-60-55-23-9-4-18-45(55)46-19-5-10-24-56(46)60/h1-10,15-30,35-37H,11-14,31-34H2. The van der Waals surface area contributed by atoms with Gasteiger partial charge in [0.05, 0.1) is 18.6 Å². The number of unbranched alkanes of at least 4 members (excludes halogenated alkanes) is 2. The number of ether oxygens (including phenoxy) is 2. The molecule has 0 amide bonds. The van der Waals surface area contributed by atoms with Crippen LogP contribution in [0, 0.1) is 0 Å². The van der Waals surface area contributed by atoms with E-state index in [0.717, 1.165) is 54.7 Å². The molecule has 4 nitrogen and oxygen atoms in total. The van der Waals surface area contributed by atoms with Gasteiger partial charge in [0, 0.05) is 61.2 Å². The summed E-state index contributed by atoms with van der Waals surface area (Å²) in [4.78, 5) is 0. The molecule has 0 saturated heterocycles. The van der Waals surface area contributed by atoms with E-state index in [4.69, 9.17) is 9.47 Å². The van der Waals surface area contributed by atoms with Crippen LogP contribution in [0.5, 0.6) is 11.5 Å². The summed E-state index contributed by atoms with van der Waals surface area (Å²) in [5.41, 5.74) is 15.0. The topological polar surface area (TPSA) is 28.3 Å². The summed E-state index contributed by atoms with van der Waals surface area (Å²) in [6, 6.07) is 64.3. The zero-order valence-electron chi connectivity index (χ0n) is 34.5. The third-order valence-electron chi connectivity index (χ3n) is 13.5. The number of aromatic nitrogens is 2. The van der Waals surface area contributed by atoms with E-state index in [1.807, 2.05) is 0 Å². The van der Waals surface area contributed by atoms with Crippen molar-refractivity contribution in [3.05, 3.63) is 203 Å². The van der Waals surface area contributed by atoms with Gasteiger partial charge in [-0.15, -0.1) is 0 Å². The van der Waals surface area contributed by atoms with E-state index in [2.05, 4.69) is 201 Å². The molecule has 0 bridgehead atoms. The van der Waals surface area contributed by atoms with E-state index in [9.17, 15) is 0 Å². The van der Waals surface area contributed by atoms with E-state index >= 15 is 0 Å². The molecule has 0 unspecified atom stereocenters. The van der Waals surface area contributed by atoms with Gasteiger partial charge >= 0.3 is 0 Å². The number of hydrogen-bond acceptors (Lipinski definition) is 2. The van der Waals surface area contributed by atoms with Crippen molar-refractivity contribution in [1.82, 2.24) is 9.13 Å². The molecular formula is C57H45BrN2O2. The van der Waals surface area contributed by atoms with E-state index in [1.54, 1.807) is 0 Å². The maximum Gasteiger partial charge on any atom is 0.119 e. The number of benzene rings is 8. The maximum atomic E-state index is 6.61. The fourth-order valence-corrected chi connectivity index (χ4v) is 11.3. The van der Waals surface area contributed by atoms with Crippen LogP contribution >= 0.6 is 15.9 Å². The highest BCUT2D eigenvalue weighted by Crippen LogP contribution is 2.63. The molecular weight excluding hydrogens is 825 g/mol. The summed E-state index contributed by atoms with van der Waals surface area (Å²) in [6.45, 7) is 3.22. The number of fused-ring (bicyclic) bond motifs is 16. The number of rotatable bonds is 12. The van der Waals surface area contributed by atoms with Crippen LogP contribution in [0.1, 0.15) is 47.9 Å². The van der Waals surface area contributed by atoms with Crippen molar-refractivity contribution >= 4 is 59.5 Å². The average Bonchev–Trinajstić information content (AvgIpc) is 4.00. The number of nitrogens with zero attached hydrogens (tertiary/aromatic N) is 2. The predicted octanol–water partition coefficient (Wildman–Crippen LogP) is 14.7. The van der Waals surface area contributed by atoms with Crippen molar-refractivity contribution in [3.8, 4) is 33.8 Å². The Kier molecular flexibility index (Phi) is 9.07. The minimum atomic E-state index is -0.442. The Morgan fingerprint density at radius 2 is 0.790 bits per heavy atom. The first kappa shape index (κ1) is 37.2. The Balaban J connectivity index is 0.817. The number of para-hydroxylation sites is 4. The molecule has 10 aromatic rings. The van der Waals surface area contributed by atoms with Gasteiger partial charge in [-0.05, 0) is 131 Å². The molecule has 0 N–H and O–H groups in total. The van der Waals surface area contributed by atoms with Gasteiger partial charge in [-0.3, -0.25) is 0 Å². The summed E-state index contributed by atoms with van der Waals surface area (Å²) in [6.07, 6.45) is 3.98. The molecule has 62 heavy (non-hydrogen) atoms. The van der Waals surface area contributed by atoms with Crippen LogP contribution in [0.25, 0.3) is 65.9 Å². The minimum Gasteiger partial charge on any atom is -0.494 e. The van der Waals surface area contributed by atoms with Crippen LogP contribution in [-0.2, 0) is 18.5 Å². The molecule has 12 rings (SSSR count). The molecule has 0 radical (unpaired) electrons. The molecule has 1 spiro atoms. The molecule has 2 aliphatic carbocycles. The molecule has 0 atom stereocenters. The van der Waals surface area contributed by atoms with E-state index in [0.29, 0.717) is 13.2 Å².